The van der Waals surface area contributed by atoms with Crippen molar-refractivity contribution in [2.45, 2.75) is 65.1 Å². The number of methoxy groups -OCH3 is 1. The van der Waals surface area contributed by atoms with E-state index in [1.54, 1.807) is 30.3 Å². The summed E-state index contributed by atoms with van der Waals surface area (Å²) in [5, 5.41) is 0. The Morgan fingerprint density at radius 3 is 1.81 bits per heavy atom. The monoisotopic (exact) mass is 712 g/mol. The van der Waals surface area contributed by atoms with Crippen molar-refractivity contribution in [1.82, 2.24) is 0 Å². The van der Waals surface area contributed by atoms with Crippen molar-refractivity contribution in [2.75, 3.05) is 13.7 Å². The summed E-state index contributed by atoms with van der Waals surface area (Å²) in [5.74, 6) is -3.16. The summed E-state index contributed by atoms with van der Waals surface area (Å²) in [4.78, 5) is 60.2. The molecule has 1 aliphatic rings. The molecule has 0 saturated carbocycles. The van der Waals surface area contributed by atoms with E-state index < -0.39 is 81.3 Å². The Hall–Kier alpha value is -3.72. The van der Waals surface area contributed by atoms with Gasteiger partial charge >= 0.3 is 261 Å². The van der Waals surface area contributed by atoms with Gasteiger partial charge in [0.25, 0.3) is 0 Å². The summed E-state index contributed by atoms with van der Waals surface area (Å²) in [6, 6.07) is 14.9. The number of ether oxygens (including phenoxy) is 6. The quantitative estimate of drug-likeness (QED) is 0.204. The zero-order valence-corrected chi connectivity index (χ0v) is 27.0. The van der Waals surface area contributed by atoms with Gasteiger partial charge < -0.3 is 0 Å². The Labute approximate surface area is 259 Å². The first-order chi connectivity index (χ1) is 20.4. The normalized spacial score (nSPS) is 21.7. The van der Waals surface area contributed by atoms with Crippen LogP contribution in [0.15, 0.2) is 54.6 Å². The molecule has 1 saturated heterocycles. The van der Waals surface area contributed by atoms with Crippen LogP contribution < -0.4 is 3.61 Å². The molecule has 0 bridgehead atoms. The van der Waals surface area contributed by atoms with Gasteiger partial charge in [-0.1, -0.05) is 0 Å². The van der Waals surface area contributed by atoms with Crippen molar-refractivity contribution in [3.8, 4) is 0 Å². The minimum atomic E-state index is -1.27. The zero-order valence-electron chi connectivity index (χ0n) is 24.7. The number of hydrogen-bond donors (Lipinski definition) is 0. The molecule has 0 radical (unpaired) electrons. The van der Waals surface area contributed by atoms with Crippen LogP contribution in [-0.4, -0.2) is 95.0 Å². The molecule has 0 N–H and O–H groups in total. The fraction of sp³-hybridized carbons (Fsp3) is 0.387. The Balaban J connectivity index is 2.16. The van der Waals surface area contributed by atoms with E-state index in [1.807, 2.05) is 31.2 Å². The third-order valence-corrected chi connectivity index (χ3v) is 9.32. The van der Waals surface area contributed by atoms with E-state index in [2.05, 4.69) is 0 Å². The van der Waals surface area contributed by atoms with Crippen LogP contribution in [0.5, 0.6) is 0 Å². The number of carbonyl (C=O) groups is 5. The van der Waals surface area contributed by atoms with Gasteiger partial charge in [0.05, 0.1) is 0 Å². The molecule has 230 valence electrons. The van der Waals surface area contributed by atoms with Gasteiger partial charge in [0.2, 0.25) is 0 Å². The van der Waals surface area contributed by atoms with Gasteiger partial charge in [-0.25, -0.2) is 0 Å². The van der Waals surface area contributed by atoms with Crippen LogP contribution in [0, 0.1) is 6.92 Å². The van der Waals surface area contributed by atoms with Gasteiger partial charge in [0.1, 0.15) is 0 Å². The summed E-state index contributed by atoms with van der Waals surface area (Å²) in [6.45, 7) is 6.43. The molecule has 5 atom stereocenters. The third kappa shape index (κ3) is 9.92. The van der Waals surface area contributed by atoms with Gasteiger partial charge in [-0.15, -0.1) is 0 Å². The Kier molecular flexibility index (Phi) is 12.3. The summed E-state index contributed by atoms with van der Waals surface area (Å²) in [5.41, 5.74) is 2.25. The van der Waals surface area contributed by atoms with Crippen LogP contribution in [0.25, 0.3) is 3.62 Å². The number of hydrogen-bond acceptors (Lipinski definition) is 11. The van der Waals surface area contributed by atoms with Crippen molar-refractivity contribution < 1.29 is 52.4 Å². The Morgan fingerprint density at radius 2 is 1.28 bits per heavy atom. The van der Waals surface area contributed by atoms with Crippen LogP contribution in [-0.2, 0) is 47.6 Å². The summed E-state index contributed by atoms with van der Waals surface area (Å²) in [6.07, 6.45) is -4.02. The van der Waals surface area contributed by atoms with E-state index >= 15 is 0 Å². The fourth-order valence-electron chi connectivity index (χ4n) is 4.36. The molecule has 2 aromatic carbocycles. The molecular weight excluding hydrogens is 676 g/mol. The van der Waals surface area contributed by atoms with E-state index in [9.17, 15) is 24.0 Å². The molecule has 1 heterocycles. The predicted molar refractivity (Wildman–Crippen MR) is 154 cm³/mol. The van der Waals surface area contributed by atoms with E-state index in [0.717, 1.165) is 18.4 Å². The van der Waals surface area contributed by atoms with Gasteiger partial charge in [-0.2, -0.15) is 0 Å². The van der Waals surface area contributed by atoms with Crippen molar-refractivity contribution in [3.63, 3.8) is 0 Å². The molecular formula is C31H34O11Te. The average molecular weight is 710 g/mol. The third-order valence-electron chi connectivity index (χ3n) is 6.18. The molecule has 12 heteroatoms. The molecule has 3 rings (SSSR count). The molecule has 0 aromatic heterocycles. The van der Waals surface area contributed by atoms with Gasteiger partial charge in [0, 0.05) is 0 Å². The zero-order chi connectivity index (χ0) is 31.7. The number of aryl methyl sites for hydroxylation is 1. The maximum atomic E-state index is 12.3. The summed E-state index contributed by atoms with van der Waals surface area (Å²) < 4.78 is 35.0. The first-order valence-corrected chi connectivity index (χ1v) is 15.7. The van der Waals surface area contributed by atoms with E-state index in [-0.39, 0.29) is 6.61 Å². The van der Waals surface area contributed by atoms with E-state index in [1.165, 1.54) is 34.8 Å². The fourth-order valence-corrected chi connectivity index (χ4v) is 7.16. The molecule has 1 aliphatic heterocycles. The number of esters is 5. The van der Waals surface area contributed by atoms with Gasteiger partial charge in [0.15, 0.2) is 0 Å². The second-order valence-corrected chi connectivity index (χ2v) is 12.9. The second kappa shape index (κ2) is 15.7. The van der Waals surface area contributed by atoms with Crippen molar-refractivity contribution in [3.05, 3.63) is 71.3 Å². The minimum absolute atomic E-state index is 0.319. The topological polar surface area (TPSA) is 141 Å². The molecule has 0 unspecified atom stereocenters. The number of rotatable bonds is 10. The molecule has 0 aliphatic carbocycles. The Bertz CT molecular complexity index is 1350. The number of benzene rings is 2. The standard InChI is InChI=1S/C31H34O11Te/c1-17-7-13-24(14-8-17)43-27(22-9-11-23(12-10-22)31(36)37-6)15-25-28(39-19(3)33)30(41-21(5)35)29(40-20(4)34)26(42-25)16-38-18(2)32/h7-15,25-26,28-30H,16H2,1-6H3/b27-15-/t25-,26-,28+,29-,30-/m1/s1. The average Bonchev–Trinajstić information content (AvgIpc) is 2.94. The van der Waals surface area contributed by atoms with E-state index in [4.69, 9.17) is 28.4 Å². The molecule has 11 nitrogen and oxygen atoms in total. The predicted octanol–water partition coefficient (Wildman–Crippen LogP) is 2.28. The van der Waals surface area contributed by atoms with Crippen LogP contribution >= 0.6 is 0 Å². The number of carbonyl (C=O) groups excluding carboxylic acids is 5. The first-order valence-electron chi connectivity index (χ1n) is 13.3. The molecule has 43 heavy (non-hydrogen) atoms. The van der Waals surface area contributed by atoms with Crippen LogP contribution in [0.4, 0.5) is 0 Å². The van der Waals surface area contributed by atoms with Crippen molar-refractivity contribution in [1.29, 1.82) is 0 Å². The van der Waals surface area contributed by atoms with Crippen LogP contribution in [0.2, 0.25) is 0 Å². The van der Waals surface area contributed by atoms with Crippen LogP contribution in [0.3, 0.4) is 0 Å². The van der Waals surface area contributed by atoms with Gasteiger partial charge in [-0.05, 0) is 0 Å². The molecule has 2 aromatic rings. The van der Waals surface area contributed by atoms with Crippen molar-refractivity contribution >= 4 is 58.0 Å². The van der Waals surface area contributed by atoms with E-state index in [0.29, 0.717) is 5.56 Å². The SMILES string of the molecule is COC(=O)c1ccc(/C(=C/[C@H]2O[C@H](COC(C)=O)[C@@H](OC(C)=O)[C@H](OC(C)=O)[C@H]2OC(C)=O)[Te]c2ccc(C)cc2)cc1. The second-order valence-electron chi connectivity index (χ2n) is 9.68. The summed E-state index contributed by atoms with van der Waals surface area (Å²) in [7, 11) is 1.30. The molecule has 1 fully saturated rings. The van der Waals surface area contributed by atoms with Crippen molar-refractivity contribution in [2.24, 2.45) is 0 Å². The maximum absolute atomic E-state index is 12.3. The molecule has 0 spiro atoms. The Morgan fingerprint density at radius 1 is 0.744 bits per heavy atom. The molecule has 0 amide bonds. The summed E-state index contributed by atoms with van der Waals surface area (Å²) >= 11 is -1.11. The van der Waals surface area contributed by atoms with Crippen LogP contribution in [0.1, 0.15) is 49.2 Å². The first kappa shape index (κ1) is 33.8. The van der Waals surface area contributed by atoms with Gasteiger partial charge in [-0.3, -0.25) is 0 Å².